The van der Waals surface area contributed by atoms with Gasteiger partial charge in [-0.25, -0.2) is 0 Å². The number of benzene rings is 2. The number of aliphatic hydroxyl groups is 1. The van der Waals surface area contributed by atoms with Gasteiger partial charge in [0.25, 0.3) is 0 Å². The highest BCUT2D eigenvalue weighted by molar-refractivity contribution is 5.37. The molecule has 0 saturated carbocycles. The van der Waals surface area contributed by atoms with Crippen molar-refractivity contribution in [2.75, 3.05) is 6.61 Å². The van der Waals surface area contributed by atoms with E-state index in [9.17, 15) is 5.11 Å². The van der Waals surface area contributed by atoms with Crippen molar-refractivity contribution < 1.29 is 5.11 Å². The molecule has 0 aromatic heterocycles. The van der Waals surface area contributed by atoms with E-state index >= 15 is 0 Å². The Kier molecular flexibility index (Phi) is 5.37. The van der Waals surface area contributed by atoms with Crippen LogP contribution in [0.5, 0.6) is 0 Å². The fourth-order valence-electron chi connectivity index (χ4n) is 1.88. The molecule has 2 rings (SSSR count). The van der Waals surface area contributed by atoms with Crippen LogP contribution in [-0.4, -0.2) is 17.8 Å². The van der Waals surface area contributed by atoms with E-state index in [1.165, 1.54) is 0 Å². The van der Waals surface area contributed by atoms with E-state index < -0.39 is 0 Å². The average Bonchev–Trinajstić information content (AvgIpc) is 2.53. The molecule has 2 heteroatoms. The van der Waals surface area contributed by atoms with Crippen LogP contribution in [-0.2, 0) is 0 Å². The van der Waals surface area contributed by atoms with Crippen molar-refractivity contribution in [1.82, 2.24) is 5.32 Å². The Morgan fingerprint density at radius 1 is 1.00 bits per heavy atom. The molecule has 102 valence electrons. The minimum atomic E-state index is -0.0847. The smallest absolute Gasteiger partial charge is 0.0952 e. The van der Waals surface area contributed by atoms with Gasteiger partial charge in [0.05, 0.1) is 12.6 Å². The summed E-state index contributed by atoms with van der Waals surface area (Å²) in [5.74, 6) is 6.42. The summed E-state index contributed by atoms with van der Waals surface area (Å²) in [5.41, 5.74) is 2.10. The lowest BCUT2D eigenvalue weighted by Crippen LogP contribution is -2.32. The molecule has 0 aliphatic heterocycles. The van der Waals surface area contributed by atoms with Gasteiger partial charge in [0, 0.05) is 11.6 Å². The van der Waals surface area contributed by atoms with Gasteiger partial charge in [-0.05, 0) is 24.6 Å². The first-order valence-electron chi connectivity index (χ1n) is 6.78. The average molecular weight is 265 g/mol. The lowest BCUT2D eigenvalue weighted by Gasteiger charge is -2.17. The van der Waals surface area contributed by atoms with E-state index in [4.69, 9.17) is 0 Å². The van der Waals surface area contributed by atoms with Crippen molar-refractivity contribution in [3.63, 3.8) is 0 Å². The van der Waals surface area contributed by atoms with E-state index in [0.717, 1.165) is 11.1 Å². The van der Waals surface area contributed by atoms with Crippen LogP contribution in [0.25, 0.3) is 0 Å². The minimum absolute atomic E-state index is 0.00489. The molecule has 0 radical (unpaired) electrons. The number of aliphatic hydroxyl groups excluding tert-OH is 1. The Morgan fingerprint density at radius 2 is 1.60 bits per heavy atom. The highest BCUT2D eigenvalue weighted by Gasteiger charge is 2.10. The molecule has 0 saturated heterocycles. The molecule has 2 atom stereocenters. The Labute approximate surface area is 120 Å². The van der Waals surface area contributed by atoms with Crippen LogP contribution in [0.15, 0.2) is 60.7 Å². The maximum Gasteiger partial charge on any atom is 0.0952 e. The van der Waals surface area contributed by atoms with Crippen LogP contribution in [0.1, 0.15) is 24.1 Å². The van der Waals surface area contributed by atoms with Crippen LogP contribution in [0.3, 0.4) is 0 Å². The summed E-state index contributed by atoms with van der Waals surface area (Å²) in [5, 5.41) is 12.5. The summed E-state index contributed by atoms with van der Waals surface area (Å²) in [6.07, 6.45) is 0. The Bertz CT molecular complexity index is 569. The number of nitrogens with one attached hydrogen (secondary N) is 1. The first-order valence-corrected chi connectivity index (χ1v) is 6.78. The molecule has 0 amide bonds. The third-order valence-electron chi connectivity index (χ3n) is 2.99. The van der Waals surface area contributed by atoms with Crippen LogP contribution < -0.4 is 5.32 Å². The highest BCUT2D eigenvalue weighted by Crippen LogP contribution is 2.12. The van der Waals surface area contributed by atoms with E-state index in [1.807, 2.05) is 67.6 Å². The number of hydrogen-bond donors (Lipinski definition) is 2. The molecule has 0 aliphatic rings. The molecule has 2 aromatic rings. The normalized spacial score (nSPS) is 13.1. The molecular formula is C18H19NO. The van der Waals surface area contributed by atoms with E-state index in [0.29, 0.717) is 0 Å². The van der Waals surface area contributed by atoms with Gasteiger partial charge >= 0.3 is 0 Å². The second kappa shape index (κ2) is 7.49. The van der Waals surface area contributed by atoms with Crippen molar-refractivity contribution in [2.24, 2.45) is 0 Å². The molecule has 2 aromatic carbocycles. The van der Waals surface area contributed by atoms with E-state index in [1.54, 1.807) is 0 Å². The van der Waals surface area contributed by atoms with Gasteiger partial charge < -0.3 is 5.11 Å². The Hall–Kier alpha value is -2.08. The van der Waals surface area contributed by atoms with E-state index in [-0.39, 0.29) is 18.7 Å². The van der Waals surface area contributed by atoms with Crippen LogP contribution >= 0.6 is 0 Å². The first kappa shape index (κ1) is 14.3. The molecule has 0 heterocycles. The molecule has 20 heavy (non-hydrogen) atoms. The maximum atomic E-state index is 9.21. The van der Waals surface area contributed by atoms with Gasteiger partial charge in [-0.3, -0.25) is 5.32 Å². The third-order valence-corrected chi connectivity index (χ3v) is 2.99. The lowest BCUT2D eigenvalue weighted by atomic mass is 10.1. The predicted octanol–water partition coefficient (Wildman–Crippen LogP) is 2.75. The van der Waals surface area contributed by atoms with Gasteiger partial charge in [-0.15, -0.1) is 0 Å². The standard InChI is InChI=1S/C18H19NO/c1-15(14-20)19-18(17-10-6-3-7-11-17)13-12-16-8-4-2-5-9-16/h2-11,15,18-20H,14H2,1H3. The van der Waals surface area contributed by atoms with Crippen molar-refractivity contribution in [1.29, 1.82) is 0 Å². The minimum Gasteiger partial charge on any atom is -0.395 e. The van der Waals surface area contributed by atoms with Crippen LogP contribution in [0.4, 0.5) is 0 Å². The zero-order chi connectivity index (χ0) is 14.2. The summed E-state index contributed by atoms with van der Waals surface area (Å²) in [6.45, 7) is 2.04. The second-order valence-corrected chi connectivity index (χ2v) is 4.73. The topological polar surface area (TPSA) is 32.3 Å². The fourth-order valence-corrected chi connectivity index (χ4v) is 1.88. The summed E-state index contributed by atoms with van der Waals surface area (Å²) in [6, 6.07) is 19.9. The molecule has 2 unspecified atom stereocenters. The second-order valence-electron chi connectivity index (χ2n) is 4.73. The Balaban J connectivity index is 2.22. The molecule has 0 bridgehead atoms. The van der Waals surface area contributed by atoms with E-state index in [2.05, 4.69) is 17.2 Å². The van der Waals surface area contributed by atoms with Crippen LogP contribution in [0.2, 0.25) is 0 Å². The molecule has 0 spiro atoms. The molecule has 0 aliphatic carbocycles. The predicted molar refractivity (Wildman–Crippen MR) is 82.2 cm³/mol. The van der Waals surface area contributed by atoms with Crippen molar-refractivity contribution in [3.8, 4) is 11.8 Å². The zero-order valence-corrected chi connectivity index (χ0v) is 11.6. The largest absolute Gasteiger partial charge is 0.395 e. The summed E-state index contributed by atoms with van der Waals surface area (Å²) < 4.78 is 0. The molecule has 0 fully saturated rings. The summed E-state index contributed by atoms with van der Waals surface area (Å²) in [7, 11) is 0. The fraction of sp³-hybridized carbons (Fsp3) is 0.222. The van der Waals surface area contributed by atoms with Gasteiger partial charge in [0.1, 0.15) is 0 Å². The highest BCUT2D eigenvalue weighted by atomic mass is 16.3. The monoisotopic (exact) mass is 265 g/mol. The third kappa shape index (κ3) is 4.24. The zero-order valence-electron chi connectivity index (χ0n) is 11.6. The first-order chi connectivity index (χ1) is 9.79. The van der Waals surface area contributed by atoms with Gasteiger partial charge in [-0.2, -0.15) is 0 Å². The molecule has 2 nitrogen and oxygen atoms in total. The maximum absolute atomic E-state index is 9.21. The number of hydrogen-bond acceptors (Lipinski definition) is 2. The van der Waals surface area contributed by atoms with Crippen LogP contribution in [0, 0.1) is 11.8 Å². The summed E-state index contributed by atoms with van der Waals surface area (Å²) >= 11 is 0. The Morgan fingerprint density at radius 3 is 2.20 bits per heavy atom. The van der Waals surface area contributed by atoms with Gasteiger partial charge in [0.2, 0.25) is 0 Å². The van der Waals surface area contributed by atoms with Crippen molar-refractivity contribution in [3.05, 3.63) is 71.8 Å². The number of rotatable bonds is 4. The SMILES string of the molecule is CC(CO)NC(C#Cc1ccccc1)c1ccccc1. The molecular weight excluding hydrogens is 246 g/mol. The molecule has 2 N–H and O–H groups in total. The quantitative estimate of drug-likeness (QED) is 0.833. The van der Waals surface area contributed by atoms with Gasteiger partial charge in [-0.1, -0.05) is 60.4 Å². The van der Waals surface area contributed by atoms with Crippen molar-refractivity contribution in [2.45, 2.75) is 19.0 Å². The lowest BCUT2D eigenvalue weighted by molar-refractivity contribution is 0.247. The van der Waals surface area contributed by atoms with Crippen molar-refractivity contribution >= 4 is 0 Å². The summed E-state index contributed by atoms with van der Waals surface area (Å²) in [4.78, 5) is 0. The van der Waals surface area contributed by atoms with Gasteiger partial charge in [0.15, 0.2) is 0 Å².